The second-order valence-corrected chi connectivity index (χ2v) is 6.14. The normalized spacial score (nSPS) is 21.5. The van der Waals surface area contributed by atoms with Gasteiger partial charge in [0, 0.05) is 17.2 Å². The summed E-state index contributed by atoms with van der Waals surface area (Å²) in [6, 6.07) is 0. The van der Waals surface area contributed by atoms with Crippen molar-refractivity contribution in [2.75, 3.05) is 5.73 Å². The van der Waals surface area contributed by atoms with E-state index in [1.165, 1.54) is 69.0 Å². The molecule has 1 heterocycles. The molecule has 0 saturated heterocycles. The van der Waals surface area contributed by atoms with Gasteiger partial charge in [0.25, 0.3) is 0 Å². The van der Waals surface area contributed by atoms with Gasteiger partial charge >= 0.3 is 0 Å². The van der Waals surface area contributed by atoms with Gasteiger partial charge in [-0.2, -0.15) is 0 Å². The van der Waals surface area contributed by atoms with Gasteiger partial charge in [-0.25, -0.2) is 9.97 Å². The highest BCUT2D eigenvalue weighted by Crippen LogP contribution is 2.32. The monoisotopic (exact) mass is 259 g/mol. The van der Waals surface area contributed by atoms with Crippen LogP contribution in [-0.4, -0.2) is 9.97 Å². The first-order chi connectivity index (χ1) is 9.34. The molecular weight excluding hydrogens is 234 g/mol. The van der Waals surface area contributed by atoms with Crippen molar-refractivity contribution in [1.82, 2.24) is 9.97 Å². The Morgan fingerprint density at radius 2 is 1.47 bits per heavy atom. The van der Waals surface area contributed by atoms with Crippen molar-refractivity contribution in [1.29, 1.82) is 0 Å². The average molecular weight is 259 g/mol. The summed E-state index contributed by atoms with van der Waals surface area (Å²) in [6.07, 6.45) is 13.9. The number of hydrogen-bond donors (Lipinski definition) is 1. The summed E-state index contributed by atoms with van der Waals surface area (Å²) in [6.45, 7) is 0. The molecule has 2 aliphatic carbocycles. The van der Waals surface area contributed by atoms with E-state index in [2.05, 4.69) is 4.98 Å². The van der Waals surface area contributed by atoms with Crippen LogP contribution in [0.5, 0.6) is 0 Å². The quantitative estimate of drug-likeness (QED) is 0.617. The fourth-order valence-corrected chi connectivity index (χ4v) is 3.54. The number of rotatable bonds is 1. The van der Waals surface area contributed by atoms with E-state index in [9.17, 15) is 0 Å². The van der Waals surface area contributed by atoms with Crippen LogP contribution < -0.4 is 5.73 Å². The van der Waals surface area contributed by atoms with E-state index in [0.717, 1.165) is 24.5 Å². The number of hydrogen-bond acceptors (Lipinski definition) is 3. The zero-order valence-electron chi connectivity index (χ0n) is 11.8. The van der Waals surface area contributed by atoms with Crippen LogP contribution in [0, 0.1) is 0 Å². The SMILES string of the molecule is Nc1nc(C2CCCCCC2)nc2c1CCCCC2. The maximum absolute atomic E-state index is 6.21. The standard InChI is InChI=1S/C16H25N3/c17-15-13-10-6-3-7-11-14(13)18-16(19-15)12-8-4-1-2-5-9-12/h12H,1-11H2,(H2,17,18,19). The number of fused-ring (bicyclic) bond motifs is 1. The molecule has 104 valence electrons. The third-order valence-electron chi connectivity index (χ3n) is 4.70. The Morgan fingerprint density at radius 1 is 0.789 bits per heavy atom. The fraction of sp³-hybridized carbons (Fsp3) is 0.750. The van der Waals surface area contributed by atoms with Gasteiger partial charge < -0.3 is 5.73 Å². The van der Waals surface area contributed by atoms with Gasteiger partial charge in [-0.15, -0.1) is 0 Å². The lowest BCUT2D eigenvalue weighted by Gasteiger charge is -2.16. The molecule has 19 heavy (non-hydrogen) atoms. The van der Waals surface area contributed by atoms with Crippen molar-refractivity contribution in [2.45, 2.75) is 76.5 Å². The summed E-state index contributed by atoms with van der Waals surface area (Å²) < 4.78 is 0. The summed E-state index contributed by atoms with van der Waals surface area (Å²) in [7, 11) is 0. The molecular formula is C16H25N3. The predicted octanol–water partition coefficient (Wildman–Crippen LogP) is 3.77. The molecule has 3 nitrogen and oxygen atoms in total. The minimum Gasteiger partial charge on any atom is -0.383 e. The van der Waals surface area contributed by atoms with Gasteiger partial charge in [0.2, 0.25) is 0 Å². The highest BCUT2D eigenvalue weighted by Gasteiger charge is 2.21. The van der Waals surface area contributed by atoms with Gasteiger partial charge in [-0.05, 0) is 38.5 Å². The second kappa shape index (κ2) is 5.89. The molecule has 2 N–H and O–H groups in total. The molecule has 3 heteroatoms. The molecule has 3 rings (SSSR count). The van der Waals surface area contributed by atoms with Gasteiger partial charge in [0.15, 0.2) is 0 Å². The van der Waals surface area contributed by atoms with Crippen molar-refractivity contribution in [3.05, 3.63) is 17.1 Å². The maximum atomic E-state index is 6.21. The van der Waals surface area contributed by atoms with Crippen LogP contribution in [0.4, 0.5) is 5.82 Å². The number of nitrogen functional groups attached to an aromatic ring is 1. The van der Waals surface area contributed by atoms with Crippen LogP contribution in [0.2, 0.25) is 0 Å². The predicted molar refractivity (Wildman–Crippen MR) is 78.1 cm³/mol. The third-order valence-corrected chi connectivity index (χ3v) is 4.70. The first-order valence-corrected chi connectivity index (χ1v) is 8.00. The molecule has 1 aromatic rings. The van der Waals surface area contributed by atoms with Crippen molar-refractivity contribution >= 4 is 5.82 Å². The van der Waals surface area contributed by atoms with Crippen molar-refractivity contribution in [2.24, 2.45) is 0 Å². The zero-order valence-corrected chi connectivity index (χ0v) is 11.8. The van der Waals surface area contributed by atoms with Gasteiger partial charge in [0.1, 0.15) is 11.6 Å². The Morgan fingerprint density at radius 3 is 2.26 bits per heavy atom. The lowest BCUT2D eigenvalue weighted by Crippen LogP contribution is -2.12. The van der Waals surface area contributed by atoms with Crippen LogP contribution in [0.3, 0.4) is 0 Å². The lowest BCUT2D eigenvalue weighted by atomic mass is 9.98. The topological polar surface area (TPSA) is 51.8 Å². The Balaban J connectivity index is 1.89. The van der Waals surface area contributed by atoms with E-state index in [4.69, 9.17) is 10.7 Å². The number of anilines is 1. The van der Waals surface area contributed by atoms with Crippen molar-refractivity contribution < 1.29 is 0 Å². The molecule has 0 bridgehead atoms. The Hall–Kier alpha value is -1.12. The van der Waals surface area contributed by atoms with E-state index < -0.39 is 0 Å². The minimum atomic E-state index is 0.554. The van der Waals surface area contributed by atoms with Crippen LogP contribution in [0.1, 0.15) is 80.8 Å². The molecule has 0 amide bonds. The second-order valence-electron chi connectivity index (χ2n) is 6.14. The number of aryl methyl sites for hydroxylation is 1. The summed E-state index contributed by atoms with van der Waals surface area (Å²) in [5.74, 6) is 2.37. The molecule has 0 aromatic carbocycles. The molecule has 0 spiro atoms. The summed E-state index contributed by atoms with van der Waals surface area (Å²) in [5, 5.41) is 0. The molecule has 0 radical (unpaired) electrons. The van der Waals surface area contributed by atoms with Gasteiger partial charge in [-0.1, -0.05) is 32.1 Å². The smallest absolute Gasteiger partial charge is 0.134 e. The summed E-state index contributed by atoms with van der Waals surface area (Å²) in [5.41, 5.74) is 8.71. The van der Waals surface area contributed by atoms with E-state index >= 15 is 0 Å². The Bertz CT molecular complexity index is 434. The van der Waals surface area contributed by atoms with Crippen LogP contribution in [0.15, 0.2) is 0 Å². The first kappa shape index (κ1) is 12.9. The van der Waals surface area contributed by atoms with Crippen LogP contribution in [-0.2, 0) is 12.8 Å². The number of aromatic nitrogens is 2. The molecule has 1 aromatic heterocycles. The number of nitrogens with two attached hydrogens (primary N) is 1. The average Bonchev–Trinajstić information content (AvgIpc) is 2.81. The zero-order chi connectivity index (χ0) is 13.1. The maximum Gasteiger partial charge on any atom is 0.134 e. The minimum absolute atomic E-state index is 0.554. The number of nitrogens with zero attached hydrogens (tertiary/aromatic N) is 2. The van der Waals surface area contributed by atoms with E-state index in [1.807, 2.05) is 0 Å². The molecule has 0 unspecified atom stereocenters. The van der Waals surface area contributed by atoms with E-state index in [0.29, 0.717) is 5.92 Å². The fourth-order valence-electron chi connectivity index (χ4n) is 3.54. The molecule has 0 aliphatic heterocycles. The van der Waals surface area contributed by atoms with E-state index in [-0.39, 0.29) is 0 Å². The highest BCUT2D eigenvalue weighted by molar-refractivity contribution is 5.43. The van der Waals surface area contributed by atoms with Gasteiger partial charge in [0.05, 0.1) is 0 Å². The molecule has 1 fully saturated rings. The highest BCUT2D eigenvalue weighted by atomic mass is 15.0. The van der Waals surface area contributed by atoms with Crippen molar-refractivity contribution in [3.63, 3.8) is 0 Å². The Kier molecular flexibility index (Phi) is 4.00. The van der Waals surface area contributed by atoms with Crippen LogP contribution in [0.25, 0.3) is 0 Å². The van der Waals surface area contributed by atoms with Crippen LogP contribution >= 0.6 is 0 Å². The summed E-state index contributed by atoms with van der Waals surface area (Å²) in [4.78, 5) is 9.57. The van der Waals surface area contributed by atoms with Gasteiger partial charge in [-0.3, -0.25) is 0 Å². The molecule has 2 aliphatic rings. The first-order valence-electron chi connectivity index (χ1n) is 8.00. The largest absolute Gasteiger partial charge is 0.383 e. The van der Waals surface area contributed by atoms with Crippen molar-refractivity contribution in [3.8, 4) is 0 Å². The van der Waals surface area contributed by atoms with E-state index in [1.54, 1.807) is 0 Å². The summed E-state index contributed by atoms with van der Waals surface area (Å²) >= 11 is 0. The third kappa shape index (κ3) is 2.90. The molecule has 0 atom stereocenters. The lowest BCUT2D eigenvalue weighted by molar-refractivity contribution is 0.557. The molecule has 1 saturated carbocycles. The Labute approximate surface area is 116 Å².